The van der Waals surface area contributed by atoms with Gasteiger partial charge in [-0.1, -0.05) is 0 Å². The predicted molar refractivity (Wildman–Crippen MR) is 82.8 cm³/mol. The number of ether oxygens (including phenoxy) is 1. The number of pyridine rings is 1. The third-order valence-corrected chi connectivity index (χ3v) is 3.86. The average Bonchev–Trinajstić information content (AvgIpc) is 2.41. The summed E-state index contributed by atoms with van der Waals surface area (Å²) in [6.07, 6.45) is 3.81. The lowest BCUT2D eigenvalue weighted by molar-refractivity contribution is -0.0553. The van der Waals surface area contributed by atoms with Crippen LogP contribution in [0, 0.1) is 0 Å². The number of hydrogen-bond acceptors (Lipinski definition) is 4. The molecule has 0 radical (unpaired) electrons. The van der Waals surface area contributed by atoms with E-state index in [4.69, 9.17) is 10.5 Å². The van der Waals surface area contributed by atoms with Crippen LogP contribution >= 0.6 is 0 Å². The van der Waals surface area contributed by atoms with Gasteiger partial charge in [-0.05, 0) is 51.0 Å². The third kappa shape index (κ3) is 2.56. The number of nitrogens with two attached hydrogens (primary N) is 1. The molecule has 3 rings (SSSR count). The van der Waals surface area contributed by atoms with E-state index in [2.05, 4.69) is 24.1 Å². The molecule has 2 heterocycles. The largest absolute Gasteiger partial charge is 0.398 e. The molecule has 1 aliphatic rings. The van der Waals surface area contributed by atoms with Gasteiger partial charge in [-0.15, -0.1) is 0 Å². The van der Waals surface area contributed by atoms with Gasteiger partial charge in [0.25, 0.3) is 0 Å². The number of benzene rings is 1. The monoisotopic (exact) mass is 271 g/mol. The van der Waals surface area contributed by atoms with Crippen molar-refractivity contribution in [3.63, 3.8) is 0 Å². The van der Waals surface area contributed by atoms with Crippen LogP contribution in [0.4, 0.5) is 11.4 Å². The van der Waals surface area contributed by atoms with Crippen molar-refractivity contribution in [1.82, 2.24) is 4.98 Å². The highest BCUT2D eigenvalue weighted by Gasteiger charge is 2.29. The molecule has 2 aromatic rings. The van der Waals surface area contributed by atoms with Crippen LogP contribution in [-0.4, -0.2) is 23.2 Å². The van der Waals surface area contributed by atoms with Gasteiger partial charge in [-0.2, -0.15) is 0 Å². The first kappa shape index (κ1) is 13.2. The van der Waals surface area contributed by atoms with Crippen molar-refractivity contribution in [2.45, 2.75) is 38.3 Å². The number of fused-ring (bicyclic) bond motifs is 1. The molecular weight excluding hydrogens is 250 g/mol. The van der Waals surface area contributed by atoms with Gasteiger partial charge in [-0.3, -0.25) is 4.98 Å². The van der Waals surface area contributed by atoms with Crippen LogP contribution in [0.25, 0.3) is 10.9 Å². The van der Waals surface area contributed by atoms with E-state index in [0.717, 1.165) is 41.7 Å². The van der Waals surface area contributed by atoms with Crippen LogP contribution in [0.5, 0.6) is 0 Å². The highest BCUT2D eigenvalue weighted by molar-refractivity contribution is 5.98. The van der Waals surface area contributed by atoms with E-state index in [0.29, 0.717) is 6.04 Å². The topological polar surface area (TPSA) is 60.2 Å². The Morgan fingerprint density at radius 2 is 2.20 bits per heavy atom. The van der Waals surface area contributed by atoms with E-state index >= 15 is 0 Å². The van der Waals surface area contributed by atoms with Gasteiger partial charge in [0, 0.05) is 29.9 Å². The minimum Gasteiger partial charge on any atom is -0.398 e. The van der Waals surface area contributed by atoms with Crippen molar-refractivity contribution in [1.29, 1.82) is 0 Å². The molecule has 1 saturated heterocycles. The Labute approximate surface area is 119 Å². The molecule has 0 aliphatic carbocycles. The zero-order chi connectivity index (χ0) is 14.2. The second-order valence-electron chi connectivity index (χ2n) is 6.04. The van der Waals surface area contributed by atoms with Gasteiger partial charge in [0.2, 0.25) is 0 Å². The molecular formula is C16H21N3O. The van der Waals surface area contributed by atoms with Gasteiger partial charge in [-0.25, -0.2) is 0 Å². The Morgan fingerprint density at radius 3 is 3.00 bits per heavy atom. The summed E-state index contributed by atoms with van der Waals surface area (Å²) in [4.78, 5) is 4.47. The van der Waals surface area contributed by atoms with E-state index in [1.807, 2.05) is 24.3 Å². The van der Waals surface area contributed by atoms with E-state index in [1.54, 1.807) is 6.20 Å². The normalized spacial score (nSPS) is 21.8. The molecule has 0 bridgehead atoms. The minimum absolute atomic E-state index is 0.0625. The van der Waals surface area contributed by atoms with E-state index in [-0.39, 0.29) is 5.60 Å². The van der Waals surface area contributed by atoms with Crippen LogP contribution in [0.3, 0.4) is 0 Å². The second-order valence-corrected chi connectivity index (χ2v) is 6.04. The lowest BCUT2D eigenvalue weighted by Gasteiger charge is -2.36. The average molecular weight is 271 g/mol. The van der Waals surface area contributed by atoms with E-state index < -0.39 is 0 Å². The Balaban J connectivity index is 1.90. The summed E-state index contributed by atoms with van der Waals surface area (Å²) in [5.41, 5.74) is 8.72. The van der Waals surface area contributed by atoms with Crippen LogP contribution in [-0.2, 0) is 4.74 Å². The number of rotatable bonds is 2. The SMILES string of the molecule is CC1(C)CC(Nc2ccc(N)c3cccnc23)CCO1. The highest BCUT2D eigenvalue weighted by Crippen LogP contribution is 2.30. The molecule has 1 unspecified atom stereocenters. The van der Waals surface area contributed by atoms with Crippen LogP contribution in [0.2, 0.25) is 0 Å². The zero-order valence-electron chi connectivity index (χ0n) is 12.0. The van der Waals surface area contributed by atoms with Gasteiger partial charge in [0.05, 0.1) is 16.8 Å². The molecule has 4 heteroatoms. The van der Waals surface area contributed by atoms with Gasteiger partial charge in [0.15, 0.2) is 0 Å². The lowest BCUT2D eigenvalue weighted by atomic mass is 9.93. The Bertz CT molecular complexity index is 624. The quantitative estimate of drug-likeness (QED) is 0.824. The van der Waals surface area contributed by atoms with Gasteiger partial charge < -0.3 is 15.8 Å². The summed E-state index contributed by atoms with van der Waals surface area (Å²) in [6.45, 7) is 5.07. The lowest BCUT2D eigenvalue weighted by Crippen LogP contribution is -2.40. The minimum atomic E-state index is -0.0625. The molecule has 0 amide bonds. The van der Waals surface area contributed by atoms with Gasteiger partial charge in [0.1, 0.15) is 0 Å². The molecule has 3 N–H and O–H groups in total. The number of nitrogens with zero attached hydrogens (tertiary/aromatic N) is 1. The fourth-order valence-corrected chi connectivity index (χ4v) is 2.89. The highest BCUT2D eigenvalue weighted by atomic mass is 16.5. The van der Waals surface area contributed by atoms with Crippen molar-refractivity contribution < 1.29 is 4.74 Å². The molecule has 4 nitrogen and oxygen atoms in total. The van der Waals surface area contributed by atoms with Crippen molar-refractivity contribution in [2.24, 2.45) is 0 Å². The summed E-state index contributed by atoms with van der Waals surface area (Å²) in [7, 11) is 0. The summed E-state index contributed by atoms with van der Waals surface area (Å²) in [6, 6.07) is 8.30. The van der Waals surface area contributed by atoms with Crippen LogP contribution in [0.1, 0.15) is 26.7 Å². The van der Waals surface area contributed by atoms with E-state index in [1.165, 1.54) is 0 Å². The maximum absolute atomic E-state index is 6.01. The van der Waals surface area contributed by atoms with Gasteiger partial charge >= 0.3 is 0 Å². The number of hydrogen-bond donors (Lipinski definition) is 2. The van der Waals surface area contributed by atoms with Crippen LogP contribution in [0.15, 0.2) is 30.5 Å². The molecule has 1 fully saturated rings. The first-order chi connectivity index (χ1) is 9.55. The van der Waals surface area contributed by atoms with Crippen LogP contribution < -0.4 is 11.1 Å². The molecule has 1 aromatic heterocycles. The smallest absolute Gasteiger partial charge is 0.0953 e. The fraction of sp³-hybridized carbons (Fsp3) is 0.438. The van der Waals surface area contributed by atoms with Crippen molar-refractivity contribution >= 4 is 22.3 Å². The molecule has 1 aromatic carbocycles. The number of anilines is 2. The number of nitrogens with one attached hydrogen (secondary N) is 1. The molecule has 106 valence electrons. The van der Waals surface area contributed by atoms with Crippen molar-refractivity contribution in [3.05, 3.63) is 30.5 Å². The molecule has 0 saturated carbocycles. The summed E-state index contributed by atoms with van der Waals surface area (Å²) < 4.78 is 5.76. The molecule has 1 aliphatic heterocycles. The maximum Gasteiger partial charge on any atom is 0.0953 e. The Morgan fingerprint density at radius 1 is 1.35 bits per heavy atom. The fourth-order valence-electron chi connectivity index (χ4n) is 2.89. The number of aromatic nitrogens is 1. The zero-order valence-corrected chi connectivity index (χ0v) is 12.0. The summed E-state index contributed by atoms with van der Waals surface area (Å²) >= 11 is 0. The summed E-state index contributed by atoms with van der Waals surface area (Å²) in [5.74, 6) is 0. The standard InChI is InChI=1S/C16H21N3O/c1-16(2)10-11(7-9-20-16)19-14-6-5-13(17)12-4-3-8-18-15(12)14/h3-6,8,11,19H,7,9-10,17H2,1-2H3. The Hall–Kier alpha value is -1.81. The maximum atomic E-state index is 6.01. The Kier molecular flexibility index (Phi) is 3.26. The predicted octanol–water partition coefficient (Wildman–Crippen LogP) is 3.19. The first-order valence-corrected chi connectivity index (χ1v) is 7.09. The molecule has 1 atom stereocenters. The van der Waals surface area contributed by atoms with Crippen molar-refractivity contribution in [2.75, 3.05) is 17.7 Å². The molecule has 0 spiro atoms. The van der Waals surface area contributed by atoms with Crippen molar-refractivity contribution in [3.8, 4) is 0 Å². The number of nitrogen functional groups attached to an aromatic ring is 1. The molecule has 20 heavy (non-hydrogen) atoms. The third-order valence-electron chi connectivity index (χ3n) is 3.86. The second kappa shape index (κ2) is 4.94. The van der Waals surface area contributed by atoms with E-state index in [9.17, 15) is 0 Å². The summed E-state index contributed by atoms with van der Waals surface area (Å²) in [5, 5.41) is 4.61. The first-order valence-electron chi connectivity index (χ1n) is 7.09.